The highest BCUT2D eigenvalue weighted by Crippen LogP contribution is 2.40. The summed E-state index contributed by atoms with van der Waals surface area (Å²) in [6.45, 7) is 1.57. The molecular weight excluding hydrogens is 402 g/mol. The van der Waals surface area contributed by atoms with Crippen molar-refractivity contribution in [2.45, 2.75) is 24.3 Å². The van der Waals surface area contributed by atoms with Gasteiger partial charge in [0.1, 0.15) is 11.5 Å². The van der Waals surface area contributed by atoms with E-state index >= 15 is 0 Å². The van der Waals surface area contributed by atoms with E-state index in [2.05, 4.69) is 0 Å². The lowest BCUT2D eigenvalue weighted by Crippen LogP contribution is -2.43. The number of fused-ring (bicyclic) bond motifs is 1. The van der Waals surface area contributed by atoms with Crippen LogP contribution in [0.1, 0.15) is 12.5 Å². The average molecular weight is 424 g/mol. The second-order valence-electron chi connectivity index (χ2n) is 6.46. The summed E-state index contributed by atoms with van der Waals surface area (Å²) in [5.74, 6) is 0.580. The highest BCUT2D eigenvalue weighted by Gasteiger charge is 2.40. The Hall–Kier alpha value is -2.36. The van der Waals surface area contributed by atoms with Crippen molar-refractivity contribution < 1.29 is 26.0 Å². The maximum Gasteiger partial charge on any atom is 0.257 e. The van der Waals surface area contributed by atoms with E-state index in [1.807, 2.05) is 30.3 Å². The predicted octanol–water partition coefficient (Wildman–Crippen LogP) is 2.97. The van der Waals surface area contributed by atoms with Gasteiger partial charge in [0.25, 0.3) is 10.0 Å². The second kappa shape index (κ2) is 7.57. The topological polar surface area (TPSA) is 93.9 Å². The summed E-state index contributed by atoms with van der Waals surface area (Å²) in [5.41, 5.74) is 1.05. The van der Waals surface area contributed by atoms with Crippen LogP contribution in [0.3, 0.4) is 0 Å². The lowest BCUT2D eigenvalue weighted by atomic mass is 10.1. The molecule has 1 aromatic rings. The molecule has 2 aliphatic rings. The molecule has 1 aliphatic carbocycles. The number of nitrogens with zero attached hydrogens (tertiary/aromatic N) is 1. The molecule has 0 N–H and O–H groups in total. The minimum atomic E-state index is -4.39. The minimum absolute atomic E-state index is 0.172. The van der Waals surface area contributed by atoms with Gasteiger partial charge in [-0.05, 0) is 31.0 Å². The number of methoxy groups -OCH3 is 1. The Morgan fingerprint density at radius 1 is 1.04 bits per heavy atom. The third-order valence-electron chi connectivity index (χ3n) is 4.34. The predicted molar refractivity (Wildman–Crippen MR) is 105 cm³/mol. The van der Waals surface area contributed by atoms with Crippen molar-refractivity contribution in [3.63, 3.8) is 0 Å². The molecule has 0 saturated carbocycles. The van der Waals surface area contributed by atoms with Crippen LogP contribution >= 0.6 is 0 Å². The number of hydrogen-bond donors (Lipinski definition) is 0. The van der Waals surface area contributed by atoms with Gasteiger partial charge in [-0.3, -0.25) is 0 Å². The van der Waals surface area contributed by atoms with E-state index in [1.54, 1.807) is 6.92 Å². The molecule has 0 radical (unpaired) electrons. The first-order chi connectivity index (χ1) is 13.2. The molecule has 0 spiro atoms. The van der Waals surface area contributed by atoms with Crippen LogP contribution < -0.4 is 4.74 Å². The van der Waals surface area contributed by atoms with Crippen LogP contribution in [0.2, 0.25) is 0 Å². The first-order valence-corrected chi connectivity index (χ1v) is 11.8. The van der Waals surface area contributed by atoms with Gasteiger partial charge in [0, 0.05) is 12.1 Å². The number of benzene rings is 1. The molecule has 1 unspecified atom stereocenters. The Kier molecular flexibility index (Phi) is 5.51. The maximum absolute atomic E-state index is 13.4. The Morgan fingerprint density at radius 3 is 2.32 bits per heavy atom. The van der Waals surface area contributed by atoms with Gasteiger partial charge in [-0.15, -0.1) is 0 Å². The molecular formula is C19H21NO6S2. The molecule has 0 aromatic heterocycles. The number of rotatable bonds is 7. The largest absolute Gasteiger partial charge is 0.496 e. The molecule has 1 aromatic carbocycles. The van der Waals surface area contributed by atoms with Gasteiger partial charge in [0.05, 0.1) is 30.1 Å². The Bertz CT molecular complexity index is 1140. The number of ether oxygens (including phenoxy) is 1. The molecule has 7 nitrogen and oxygen atoms in total. The summed E-state index contributed by atoms with van der Waals surface area (Å²) >= 11 is 0. The van der Waals surface area contributed by atoms with E-state index in [1.165, 1.54) is 31.6 Å². The molecule has 0 fully saturated rings. The molecule has 9 heteroatoms. The van der Waals surface area contributed by atoms with E-state index in [0.29, 0.717) is 9.47 Å². The van der Waals surface area contributed by atoms with Crippen molar-refractivity contribution in [3.05, 3.63) is 60.4 Å². The van der Waals surface area contributed by atoms with Crippen molar-refractivity contribution in [2.75, 3.05) is 13.4 Å². The zero-order valence-corrected chi connectivity index (χ0v) is 17.3. The highest BCUT2D eigenvalue weighted by molar-refractivity contribution is 8.03. The highest BCUT2D eigenvalue weighted by atomic mass is 32.3. The summed E-state index contributed by atoms with van der Waals surface area (Å²) in [6.07, 6.45) is 2.51. The number of hydrogen-bond acceptors (Lipinski definition) is 6. The molecule has 0 bridgehead atoms. The van der Waals surface area contributed by atoms with Gasteiger partial charge >= 0.3 is 0 Å². The van der Waals surface area contributed by atoms with E-state index in [9.17, 15) is 16.8 Å². The minimum Gasteiger partial charge on any atom is -0.496 e. The fourth-order valence-electron chi connectivity index (χ4n) is 3.29. The average Bonchev–Trinajstić information content (AvgIpc) is 3.06. The molecule has 28 heavy (non-hydrogen) atoms. The zero-order valence-electron chi connectivity index (χ0n) is 15.7. The third kappa shape index (κ3) is 3.78. The van der Waals surface area contributed by atoms with E-state index in [-0.39, 0.29) is 22.6 Å². The van der Waals surface area contributed by atoms with Gasteiger partial charge in [0.2, 0.25) is 10.0 Å². The standard InChI is InChI=1S/C19H21NO6S2/c1-14(13-15-7-5-4-6-8-15)20(27(3,21)22)28(23,24)18-10-9-17-19(18)16(25-2)11-12-26-17/h4-12,14H,13H2,1-3H3. The van der Waals surface area contributed by atoms with E-state index in [4.69, 9.17) is 9.15 Å². The summed E-state index contributed by atoms with van der Waals surface area (Å²) in [6, 6.07) is 12.6. The Labute approximate surface area is 165 Å². The van der Waals surface area contributed by atoms with Crippen molar-refractivity contribution in [3.8, 4) is 17.1 Å². The van der Waals surface area contributed by atoms with Crippen molar-refractivity contribution in [1.82, 2.24) is 3.71 Å². The summed E-state index contributed by atoms with van der Waals surface area (Å²) in [7, 11) is -7.06. The Balaban J connectivity index is 2.11. The molecule has 1 atom stereocenters. The van der Waals surface area contributed by atoms with Gasteiger partial charge in [0.15, 0.2) is 0 Å². The molecule has 1 aliphatic heterocycles. The lowest BCUT2D eigenvalue weighted by molar-refractivity contribution is 0.407. The van der Waals surface area contributed by atoms with Crippen LogP contribution in [0.15, 0.2) is 64.1 Å². The molecule has 0 saturated heterocycles. The second-order valence-corrected chi connectivity index (χ2v) is 10.3. The van der Waals surface area contributed by atoms with Crippen LogP contribution in [-0.4, -0.2) is 40.0 Å². The van der Waals surface area contributed by atoms with E-state index < -0.39 is 26.1 Å². The van der Waals surface area contributed by atoms with Crippen molar-refractivity contribution >= 4 is 20.0 Å². The normalized spacial score (nSPS) is 13.7. The zero-order chi connectivity index (χ0) is 20.5. The van der Waals surface area contributed by atoms with Crippen molar-refractivity contribution in [2.24, 2.45) is 0 Å². The Morgan fingerprint density at radius 2 is 1.71 bits per heavy atom. The summed E-state index contributed by atoms with van der Waals surface area (Å²) < 4.78 is 62.9. The summed E-state index contributed by atoms with van der Waals surface area (Å²) in [5, 5.41) is 0. The van der Waals surface area contributed by atoms with Gasteiger partial charge in [-0.1, -0.05) is 34.0 Å². The smallest absolute Gasteiger partial charge is 0.257 e. The molecule has 3 rings (SSSR count). The van der Waals surface area contributed by atoms with Crippen molar-refractivity contribution in [1.29, 1.82) is 0 Å². The third-order valence-corrected chi connectivity index (χ3v) is 8.48. The molecule has 0 amide bonds. The van der Waals surface area contributed by atoms with Crippen LogP contribution in [0.4, 0.5) is 0 Å². The van der Waals surface area contributed by atoms with Crippen LogP contribution in [0.5, 0.6) is 5.75 Å². The lowest BCUT2D eigenvalue weighted by Gasteiger charge is -2.26. The number of sulfonamides is 2. The van der Waals surface area contributed by atoms with E-state index in [0.717, 1.165) is 11.8 Å². The monoisotopic (exact) mass is 423 g/mol. The van der Waals surface area contributed by atoms with Crippen LogP contribution in [-0.2, 0) is 26.5 Å². The first kappa shape index (κ1) is 20.4. The van der Waals surface area contributed by atoms with Gasteiger partial charge < -0.3 is 9.15 Å². The fourth-order valence-corrected chi connectivity index (χ4v) is 7.12. The molecule has 1 heterocycles. The maximum atomic E-state index is 13.4. The van der Waals surface area contributed by atoms with Crippen LogP contribution in [0.25, 0.3) is 11.3 Å². The van der Waals surface area contributed by atoms with Gasteiger partial charge in [-0.2, -0.15) is 0 Å². The molecule has 150 valence electrons. The quantitative estimate of drug-likeness (QED) is 0.580. The fraction of sp³-hybridized carbons (Fsp3) is 0.263. The SMILES string of the molecule is COc1ccoc2ccc(S(=O)(=O)N(C(C)Cc3ccccc3)S(C)(=O)=O)c1-2. The van der Waals surface area contributed by atoms with Crippen LogP contribution in [0, 0.1) is 0 Å². The summed E-state index contributed by atoms with van der Waals surface area (Å²) in [4.78, 5) is -0.172. The van der Waals surface area contributed by atoms with Gasteiger partial charge in [-0.25, -0.2) is 16.8 Å². The first-order valence-electron chi connectivity index (χ1n) is 8.49.